The maximum atomic E-state index is 6.02. The van der Waals surface area contributed by atoms with E-state index in [2.05, 4.69) is 47.7 Å². The Labute approximate surface area is 162 Å². The zero-order valence-corrected chi connectivity index (χ0v) is 16.4. The Balaban J connectivity index is 1.61. The van der Waals surface area contributed by atoms with Crippen LogP contribution in [-0.4, -0.2) is 16.6 Å². The molecule has 0 radical (unpaired) electrons. The van der Waals surface area contributed by atoms with Crippen LogP contribution in [0.4, 0.5) is 5.69 Å². The minimum atomic E-state index is 0.499. The van der Waals surface area contributed by atoms with Crippen molar-refractivity contribution < 1.29 is 0 Å². The fraction of sp³-hybridized carbons (Fsp3) is 0.211. The van der Waals surface area contributed by atoms with Crippen LogP contribution in [0, 0.1) is 13.8 Å². The van der Waals surface area contributed by atoms with Gasteiger partial charge in [0.25, 0.3) is 0 Å². The quantitative estimate of drug-likeness (QED) is 0.505. The number of anilines is 1. The summed E-state index contributed by atoms with van der Waals surface area (Å²) in [6.45, 7) is 4.96. The number of H-pyrrole nitrogens is 1. The molecule has 0 aliphatic heterocycles. The summed E-state index contributed by atoms with van der Waals surface area (Å²) in [7, 11) is 0. The molecule has 0 bridgehead atoms. The van der Waals surface area contributed by atoms with Crippen molar-refractivity contribution in [3.8, 4) is 0 Å². The number of thiocarbonyl (C=S) groups is 1. The molecule has 0 spiro atoms. The van der Waals surface area contributed by atoms with Crippen molar-refractivity contribution in [1.29, 1.82) is 0 Å². The molecule has 0 saturated heterocycles. The standard InChI is InChI=1S/C19H19Cl2N3S/c1-11-3-6-18-15(9-11)14(12(2)23-18)7-8-22-19(25)24-13-4-5-16(20)17(21)10-13/h3-6,9-10,23H,7-8H2,1-2H3,(H2,22,24,25). The molecule has 0 fully saturated rings. The van der Waals surface area contributed by atoms with Gasteiger partial charge in [0, 0.05) is 28.8 Å². The van der Waals surface area contributed by atoms with Crippen molar-refractivity contribution in [2.45, 2.75) is 20.3 Å². The number of hydrogen-bond donors (Lipinski definition) is 3. The number of aryl methyl sites for hydroxylation is 2. The second kappa shape index (κ2) is 7.65. The van der Waals surface area contributed by atoms with Crippen molar-refractivity contribution >= 4 is 57.1 Å². The first-order valence-corrected chi connectivity index (χ1v) is 9.18. The third-order valence-electron chi connectivity index (χ3n) is 4.11. The van der Waals surface area contributed by atoms with E-state index in [9.17, 15) is 0 Å². The van der Waals surface area contributed by atoms with Gasteiger partial charge >= 0.3 is 0 Å². The average Bonchev–Trinajstić information content (AvgIpc) is 2.86. The van der Waals surface area contributed by atoms with Gasteiger partial charge in [0.15, 0.2) is 5.11 Å². The Morgan fingerprint density at radius 2 is 1.88 bits per heavy atom. The number of rotatable bonds is 4. The van der Waals surface area contributed by atoms with E-state index in [0.29, 0.717) is 15.2 Å². The highest BCUT2D eigenvalue weighted by atomic mass is 35.5. The van der Waals surface area contributed by atoms with Gasteiger partial charge in [-0.05, 0) is 68.4 Å². The molecule has 3 N–H and O–H groups in total. The lowest BCUT2D eigenvalue weighted by Crippen LogP contribution is -2.30. The molecular formula is C19H19Cl2N3S. The molecule has 25 heavy (non-hydrogen) atoms. The molecule has 1 aromatic heterocycles. The van der Waals surface area contributed by atoms with Gasteiger partial charge < -0.3 is 15.6 Å². The van der Waals surface area contributed by atoms with E-state index in [-0.39, 0.29) is 0 Å². The first-order valence-electron chi connectivity index (χ1n) is 8.02. The summed E-state index contributed by atoms with van der Waals surface area (Å²) in [4.78, 5) is 3.44. The van der Waals surface area contributed by atoms with Gasteiger partial charge in [0.2, 0.25) is 0 Å². The summed E-state index contributed by atoms with van der Waals surface area (Å²) in [5, 5.41) is 9.23. The lowest BCUT2D eigenvalue weighted by Gasteiger charge is -2.11. The maximum absolute atomic E-state index is 6.02. The lowest BCUT2D eigenvalue weighted by molar-refractivity contribution is 0.871. The first-order chi connectivity index (χ1) is 11.9. The number of fused-ring (bicyclic) bond motifs is 1. The number of benzene rings is 2. The van der Waals surface area contributed by atoms with Gasteiger partial charge in [-0.15, -0.1) is 0 Å². The molecular weight excluding hydrogens is 373 g/mol. The van der Waals surface area contributed by atoms with Crippen molar-refractivity contribution in [2.75, 3.05) is 11.9 Å². The highest BCUT2D eigenvalue weighted by Gasteiger charge is 2.09. The SMILES string of the molecule is Cc1ccc2[nH]c(C)c(CCNC(=S)Nc3ccc(Cl)c(Cl)c3)c2c1. The Hall–Kier alpha value is -1.75. The monoisotopic (exact) mass is 391 g/mol. The molecule has 0 aliphatic carbocycles. The summed E-state index contributed by atoms with van der Waals surface area (Å²) in [6.07, 6.45) is 0.887. The number of halogens is 2. The van der Waals surface area contributed by atoms with Crippen molar-refractivity contribution in [3.63, 3.8) is 0 Å². The van der Waals surface area contributed by atoms with Crippen LogP contribution in [0.2, 0.25) is 10.0 Å². The molecule has 130 valence electrons. The predicted octanol–water partition coefficient (Wildman–Crippen LogP) is 5.62. The molecule has 0 amide bonds. The van der Waals surface area contributed by atoms with E-state index in [1.807, 2.05) is 6.07 Å². The van der Waals surface area contributed by atoms with Crippen LogP contribution in [0.5, 0.6) is 0 Å². The topological polar surface area (TPSA) is 39.9 Å². The molecule has 0 unspecified atom stereocenters. The molecule has 6 heteroatoms. The highest BCUT2D eigenvalue weighted by molar-refractivity contribution is 7.80. The van der Waals surface area contributed by atoms with Crippen LogP contribution >= 0.6 is 35.4 Å². The van der Waals surface area contributed by atoms with E-state index in [1.54, 1.807) is 12.1 Å². The minimum absolute atomic E-state index is 0.499. The van der Waals surface area contributed by atoms with Crippen molar-refractivity contribution in [2.24, 2.45) is 0 Å². The molecule has 1 heterocycles. The second-order valence-corrected chi connectivity index (χ2v) is 7.26. The fourth-order valence-electron chi connectivity index (χ4n) is 2.87. The van der Waals surface area contributed by atoms with E-state index >= 15 is 0 Å². The molecule has 2 aromatic carbocycles. The van der Waals surface area contributed by atoms with Crippen LogP contribution in [0.3, 0.4) is 0 Å². The largest absolute Gasteiger partial charge is 0.362 e. The minimum Gasteiger partial charge on any atom is -0.362 e. The summed E-state index contributed by atoms with van der Waals surface area (Å²) < 4.78 is 0. The third-order valence-corrected chi connectivity index (χ3v) is 5.10. The predicted molar refractivity (Wildman–Crippen MR) is 112 cm³/mol. The fourth-order valence-corrected chi connectivity index (χ4v) is 3.39. The third kappa shape index (κ3) is 4.27. The van der Waals surface area contributed by atoms with Gasteiger partial charge in [-0.2, -0.15) is 0 Å². The zero-order valence-electron chi connectivity index (χ0n) is 14.0. The van der Waals surface area contributed by atoms with E-state index in [4.69, 9.17) is 35.4 Å². The molecule has 3 nitrogen and oxygen atoms in total. The molecule has 0 saturated carbocycles. The Morgan fingerprint density at radius 3 is 2.64 bits per heavy atom. The first kappa shape index (κ1) is 18.1. The molecule has 0 aliphatic rings. The Morgan fingerprint density at radius 1 is 1.08 bits per heavy atom. The number of aromatic nitrogens is 1. The summed E-state index contributed by atoms with van der Waals surface area (Å²) >= 11 is 17.3. The van der Waals surface area contributed by atoms with Crippen LogP contribution in [0.25, 0.3) is 10.9 Å². The van der Waals surface area contributed by atoms with Crippen LogP contribution < -0.4 is 10.6 Å². The highest BCUT2D eigenvalue weighted by Crippen LogP contribution is 2.25. The van der Waals surface area contributed by atoms with Gasteiger partial charge in [-0.3, -0.25) is 0 Å². The smallest absolute Gasteiger partial charge is 0.170 e. The van der Waals surface area contributed by atoms with E-state index in [1.165, 1.54) is 27.7 Å². The van der Waals surface area contributed by atoms with Gasteiger partial charge in [-0.1, -0.05) is 34.8 Å². The number of hydrogen-bond acceptors (Lipinski definition) is 1. The average molecular weight is 392 g/mol. The number of aromatic amines is 1. The molecule has 3 aromatic rings. The number of nitrogens with one attached hydrogen (secondary N) is 3. The zero-order chi connectivity index (χ0) is 18.0. The molecule has 3 rings (SSSR count). The van der Waals surface area contributed by atoms with Crippen LogP contribution in [0.1, 0.15) is 16.8 Å². The summed E-state index contributed by atoms with van der Waals surface area (Å²) in [5.41, 5.74) is 5.77. The van der Waals surface area contributed by atoms with Gasteiger partial charge in [0.05, 0.1) is 10.0 Å². The summed E-state index contributed by atoms with van der Waals surface area (Å²) in [6, 6.07) is 11.8. The van der Waals surface area contributed by atoms with Crippen LogP contribution in [0.15, 0.2) is 36.4 Å². The Kier molecular flexibility index (Phi) is 5.52. The van der Waals surface area contributed by atoms with Crippen molar-refractivity contribution in [1.82, 2.24) is 10.3 Å². The molecule has 0 atom stereocenters. The summed E-state index contributed by atoms with van der Waals surface area (Å²) in [5.74, 6) is 0. The van der Waals surface area contributed by atoms with Gasteiger partial charge in [0.1, 0.15) is 0 Å². The van der Waals surface area contributed by atoms with Crippen LogP contribution in [-0.2, 0) is 6.42 Å². The maximum Gasteiger partial charge on any atom is 0.170 e. The van der Waals surface area contributed by atoms with Gasteiger partial charge in [-0.25, -0.2) is 0 Å². The normalized spacial score (nSPS) is 10.9. The Bertz CT molecular complexity index is 934. The van der Waals surface area contributed by atoms with E-state index < -0.39 is 0 Å². The lowest BCUT2D eigenvalue weighted by atomic mass is 10.1. The second-order valence-electron chi connectivity index (χ2n) is 6.04. The van der Waals surface area contributed by atoms with E-state index in [0.717, 1.165) is 18.7 Å². The van der Waals surface area contributed by atoms with Crippen molar-refractivity contribution in [3.05, 3.63) is 63.3 Å².